The summed E-state index contributed by atoms with van der Waals surface area (Å²) in [5.41, 5.74) is 2.28. The summed E-state index contributed by atoms with van der Waals surface area (Å²) in [6.07, 6.45) is 0.635. The lowest BCUT2D eigenvalue weighted by molar-refractivity contribution is -0.124. The van der Waals surface area contributed by atoms with Gasteiger partial charge >= 0.3 is 0 Å². The second kappa shape index (κ2) is 10.3. The molecule has 2 heterocycles. The first-order valence-electron chi connectivity index (χ1n) is 10.7. The highest BCUT2D eigenvalue weighted by molar-refractivity contribution is 7.80. The van der Waals surface area contributed by atoms with E-state index in [1.165, 1.54) is 39.6 Å². The molecule has 0 unspecified atom stereocenters. The van der Waals surface area contributed by atoms with Crippen molar-refractivity contribution >= 4 is 51.9 Å². The van der Waals surface area contributed by atoms with Crippen molar-refractivity contribution < 1.29 is 18.7 Å². The summed E-state index contributed by atoms with van der Waals surface area (Å²) in [4.78, 5) is 30.8. The van der Waals surface area contributed by atoms with Crippen LogP contribution in [0.25, 0.3) is 0 Å². The molecule has 0 saturated carbocycles. The van der Waals surface area contributed by atoms with Crippen molar-refractivity contribution in [1.29, 1.82) is 0 Å². The molecule has 9 heteroatoms. The molecule has 0 bridgehead atoms. The van der Waals surface area contributed by atoms with Gasteiger partial charge in [-0.15, -0.1) is 11.3 Å². The summed E-state index contributed by atoms with van der Waals surface area (Å²) < 4.78 is 18.4. The summed E-state index contributed by atoms with van der Waals surface area (Å²) in [5, 5.41) is 5.14. The Labute approximate surface area is 206 Å². The van der Waals surface area contributed by atoms with Crippen LogP contribution in [-0.2, 0) is 16.0 Å². The average molecular weight is 498 g/mol. The number of thiocarbonyl (C=S) groups is 1. The van der Waals surface area contributed by atoms with Crippen molar-refractivity contribution in [3.8, 4) is 5.75 Å². The molecule has 1 aromatic heterocycles. The molecule has 4 rings (SSSR count). The molecule has 6 nitrogen and oxygen atoms in total. The number of aryl methyl sites for hydroxylation is 1. The number of carbonyl (C=O) groups is 2. The van der Waals surface area contributed by atoms with Gasteiger partial charge in [0.1, 0.15) is 17.6 Å². The molecule has 1 aliphatic rings. The lowest BCUT2D eigenvalue weighted by Crippen LogP contribution is -2.39. The zero-order valence-corrected chi connectivity index (χ0v) is 20.4. The van der Waals surface area contributed by atoms with Crippen molar-refractivity contribution in [1.82, 2.24) is 4.90 Å². The minimum Gasteiger partial charge on any atom is -0.497 e. The zero-order chi connectivity index (χ0) is 24.2. The third kappa shape index (κ3) is 5.10. The number of thiophene rings is 1. The highest BCUT2D eigenvalue weighted by atomic mass is 32.1. The quantitative estimate of drug-likeness (QED) is 0.454. The molecule has 1 aliphatic heterocycles. The van der Waals surface area contributed by atoms with E-state index < -0.39 is 6.04 Å². The number of carbonyl (C=O) groups excluding carboxylic acids is 2. The van der Waals surface area contributed by atoms with Crippen LogP contribution in [0.5, 0.6) is 5.75 Å². The van der Waals surface area contributed by atoms with Gasteiger partial charge in [0.25, 0.3) is 5.91 Å². The first-order chi connectivity index (χ1) is 16.4. The summed E-state index contributed by atoms with van der Waals surface area (Å²) in [7, 11) is 1.57. The fraction of sp³-hybridized carbons (Fsp3) is 0.240. The number of ether oxygens (including phenoxy) is 1. The summed E-state index contributed by atoms with van der Waals surface area (Å²) in [5.74, 6) is -0.324. The molecule has 1 saturated heterocycles. The zero-order valence-electron chi connectivity index (χ0n) is 18.8. The Kier molecular flexibility index (Phi) is 7.23. The van der Waals surface area contributed by atoms with E-state index in [0.717, 1.165) is 0 Å². The number of halogens is 1. The van der Waals surface area contributed by atoms with Crippen LogP contribution in [0.3, 0.4) is 0 Å². The fourth-order valence-corrected chi connectivity index (χ4v) is 5.17. The minimum atomic E-state index is -0.740. The van der Waals surface area contributed by atoms with Crippen molar-refractivity contribution in [2.45, 2.75) is 25.8 Å². The smallest absolute Gasteiger partial charge is 0.256 e. The van der Waals surface area contributed by atoms with Gasteiger partial charge in [-0.05, 0) is 91.1 Å². The van der Waals surface area contributed by atoms with E-state index in [1.807, 2.05) is 10.3 Å². The third-order valence-corrected chi connectivity index (χ3v) is 7.20. The average Bonchev–Trinajstić information content (AvgIpc) is 3.34. The number of amides is 2. The molecule has 1 fully saturated rings. The first kappa shape index (κ1) is 23.8. The van der Waals surface area contributed by atoms with Crippen LogP contribution in [0.15, 0.2) is 60.0 Å². The monoisotopic (exact) mass is 497 g/mol. The summed E-state index contributed by atoms with van der Waals surface area (Å²) >= 11 is 7.38. The molecular formula is C25H24FN3O3S2. The fourth-order valence-electron chi connectivity index (χ4n) is 3.86. The van der Waals surface area contributed by atoms with Gasteiger partial charge in [0.15, 0.2) is 5.11 Å². The first-order valence-corrected chi connectivity index (χ1v) is 12.0. The Bertz CT molecular complexity index is 1190. The van der Waals surface area contributed by atoms with E-state index in [4.69, 9.17) is 17.0 Å². The predicted octanol–water partition coefficient (Wildman–Crippen LogP) is 4.78. The third-order valence-electron chi connectivity index (χ3n) is 5.70. The molecule has 0 aliphatic carbocycles. The van der Waals surface area contributed by atoms with Crippen molar-refractivity contribution in [3.63, 3.8) is 0 Å². The standard InChI is InChI=1S/C25H24FN3O3S2/c1-16-12-14-34-22(16)11-13-28-21(15-23(30)27-18-5-3-17(26)4-6-18)24(31)29(25(28)33)19-7-9-20(32-2)10-8-19/h3-10,12,14,21H,11,13,15H2,1-2H3,(H,27,30)/t21-/m0/s1. The van der Waals surface area contributed by atoms with Crippen LogP contribution in [0.4, 0.5) is 15.8 Å². The predicted molar refractivity (Wildman–Crippen MR) is 136 cm³/mol. The Morgan fingerprint density at radius 1 is 1.15 bits per heavy atom. The Morgan fingerprint density at radius 2 is 1.85 bits per heavy atom. The number of nitrogens with one attached hydrogen (secondary N) is 1. The number of hydrogen-bond donors (Lipinski definition) is 1. The van der Waals surface area contributed by atoms with Gasteiger partial charge in [0.2, 0.25) is 5.91 Å². The lowest BCUT2D eigenvalue weighted by Gasteiger charge is -2.24. The number of nitrogens with zero attached hydrogens (tertiary/aromatic N) is 2. The number of benzene rings is 2. The van der Waals surface area contributed by atoms with Crippen LogP contribution >= 0.6 is 23.6 Å². The largest absolute Gasteiger partial charge is 0.497 e. The second-order valence-corrected chi connectivity index (χ2v) is 9.27. The highest BCUT2D eigenvalue weighted by Crippen LogP contribution is 2.29. The molecule has 34 heavy (non-hydrogen) atoms. The topological polar surface area (TPSA) is 61.9 Å². The maximum absolute atomic E-state index is 13.5. The molecule has 176 valence electrons. The summed E-state index contributed by atoms with van der Waals surface area (Å²) in [6.45, 7) is 2.56. The normalized spacial score (nSPS) is 15.7. The van der Waals surface area contributed by atoms with E-state index >= 15 is 0 Å². The van der Waals surface area contributed by atoms with Crippen LogP contribution in [0.1, 0.15) is 16.9 Å². The molecule has 2 amide bonds. The maximum Gasteiger partial charge on any atom is 0.256 e. The molecule has 0 spiro atoms. The molecule has 1 N–H and O–H groups in total. The van der Waals surface area contributed by atoms with E-state index in [9.17, 15) is 14.0 Å². The molecule has 3 aromatic rings. The molecular weight excluding hydrogens is 473 g/mol. The Hall–Kier alpha value is -3.30. The molecule has 2 aromatic carbocycles. The number of methoxy groups -OCH3 is 1. The molecule has 0 radical (unpaired) electrons. The molecule has 1 atom stereocenters. The van der Waals surface area contributed by atoms with Gasteiger partial charge in [0.05, 0.1) is 19.2 Å². The number of rotatable bonds is 8. The lowest BCUT2D eigenvalue weighted by atomic mass is 10.1. The number of anilines is 2. The Morgan fingerprint density at radius 3 is 2.47 bits per heavy atom. The highest BCUT2D eigenvalue weighted by Gasteiger charge is 2.44. The minimum absolute atomic E-state index is 0.0770. The van der Waals surface area contributed by atoms with Crippen LogP contribution in [0, 0.1) is 12.7 Å². The van der Waals surface area contributed by atoms with E-state index in [2.05, 4.69) is 18.3 Å². The van der Waals surface area contributed by atoms with Crippen molar-refractivity contribution in [2.24, 2.45) is 0 Å². The van der Waals surface area contributed by atoms with Crippen LogP contribution < -0.4 is 15.0 Å². The van der Waals surface area contributed by atoms with E-state index in [1.54, 1.807) is 42.7 Å². The van der Waals surface area contributed by atoms with Gasteiger partial charge < -0.3 is 15.0 Å². The van der Waals surface area contributed by atoms with E-state index in [0.29, 0.717) is 35.2 Å². The van der Waals surface area contributed by atoms with Crippen molar-refractivity contribution in [3.05, 3.63) is 76.2 Å². The van der Waals surface area contributed by atoms with Gasteiger partial charge in [-0.1, -0.05) is 0 Å². The van der Waals surface area contributed by atoms with Gasteiger partial charge in [-0.3, -0.25) is 14.5 Å². The SMILES string of the molecule is COc1ccc(N2C(=O)[C@H](CC(=O)Nc3ccc(F)cc3)N(CCc3sccc3C)C2=S)cc1. The van der Waals surface area contributed by atoms with Gasteiger partial charge in [0, 0.05) is 17.1 Å². The van der Waals surface area contributed by atoms with Crippen LogP contribution in [0.2, 0.25) is 0 Å². The van der Waals surface area contributed by atoms with E-state index in [-0.39, 0.29) is 24.1 Å². The summed E-state index contributed by atoms with van der Waals surface area (Å²) in [6, 6.07) is 13.9. The van der Waals surface area contributed by atoms with Crippen molar-refractivity contribution in [2.75, 3.05) is 23.9 Å². The van der Waals surface area contributed by atoms with Gasteiger partial charge in [-0.2, -0.15) is 0 Å². The van der Waals surface area contributed by atoms with Gasteiger partial charge in [-0.25, -0.2) is 4.39 Å². The second-order valence-electron chi connectivity index (χ2n) is 7.90. The maximum atomic E-state index is 13.5. The van der Waals surface area contributed by atoms with Crippen LogP contribution in [-0.4, -0.2) is 41.5 Å². The Balaban J connectivity index is 1.56. The number of hydrogen-bond acceptors (Lipinski definition) is 5.